The zero-order valence-electron chi connectivity index (χ0n) is 19.6. The van der Waals surface area contributed by atoms with Crippen LogP contribution >= 0.6 is 11.6 Å². The number of piperazine rings is 1. The third-order valence-electron chi connectivity index (χ3n) is 6.05. The molecule has 3 aromatic rings. The standard InChI is InChI=1S/C23H22ClF3N6O3S/c1-2-37(35,36)19-4-3-14(11-28)9-18(19)31-33-13-30-21-15(22(33)34)10-17(23(25,26)27)16(20(21)24)12-32-7-5-29-6-8-32/h3-4,9-10,13,29,31H,2,5-8,12H2,1H3. The van der Waals surface area contributed by atoms with Crippen molar-refractivity contribution in [2.75, 3.05) is 37.4 Å². The van der Waals surface area contributed by atoms with Gasteiger partial charge in [-0.2, -0.15) is 18.4 Å². The number of sulfone groups is 1. The second kappa shape index (κ2) is 10.3. The quantitative estimate of drug-likeness (QED) is 0.477. The van der Waals surface area contributed by atoms with E-state index in [4.69, 9.17) is 11.6 Å². The van der Waals surface area contributed by atoms with Gasteiger partial charge in [-0.15, -0.1) is 0 Å². The van der Waals surface area contributed by atoms with Crippen LogP contribution in [0.2, 0.25) is 5.02 Å². The minimum absolute atomic E-state index is 0.0620. The highest BCUT2D eigenvalue weighted by Gasteiger charge is 2.36. The van der Waals surface area contributed by atoms with Crippen LogP contribution in [0, 0.1) is 11.3 Å². The van der Waals surface area contributed by atoms with Crippen LogP contribution in [-0.2, 0) is 22.6 Å². The Morgan fingerprint density at radius 3 is 2.57 bits per heavy atom. The Hall–Kier alpha value is -3.18. The van der Waals surface area contributed by atoms with Crippen molar-refractivity contribution >= 4 is 38.0 Å². The molecule has 0 atom stereocenters. The first kappa shape index (κ1) is 26.9. The Bertz CT molecular complexity index is 1560. The third-order valence-corrected chi connectivity index (χ3v) is 8.25. The molecule has 0 unspecified atom stereocenters. The lowest BCUT2D eigenvalue weighted by Gasteiger charge is -2.29. The number of aromatic nitrogens is 2. The monoisotopic (exact) mass is 554 g/mol. The zero-order chi connectivity index (χ0) is 27.0. The number of nitrogens with zero attached hydrogens (tertiary/aromatic N) is 4. The van der Waals surface area contributed by atoms with Crippen LogP contribution in [-0.4, -0.2) is 54.9 Å². The van der Waals surface area contributed by atoms with Gasteiger partial charge in [0.1, 0.15) is 6.33 Å². The molecule has 2 aromatic carbocycles. The largest absolute Gasteiger partial charge is 0.416 e. The summed E-state index contributed by atoms with van der Waals surface area (Å²) in [7, 11) is -3.77. The average molecular weight is 555 g/mol. The summed E-state index contributed by atoms with van der Waals surface area (Å²) in [6.07, 6.45) is -3.77. The Morgan fingerprint density at radius 1 is 1.24 bits per heavy atom. The minimum Gasteiger partial charge on any atom is -0.314 e. The summed E-state index contributed by atoms with van der Waals surface area (Å²) in [5, 5.41) is 11.7. The maximum atomic E-state index is 14.1. The van der Waals surface area contributed by atoms with Crippen molar-refractivity contribution < 1.29 is 21.6 Å². The summed E-state index contributed by atoms with van der Waals surface area (Å²) in [6, 6.07) is 6.36. The fraction of sp³-hybridized carbons (Fsp3) is 0.348. The number of benzene rings is 2. The van der Waals surface area contributed by atoms with Gasteiger partial charge in [-0.3, -0.25) is 15.1 Å². The molecule has 2 heterocycles. The summed E-state index contributed by atoms with van der Waals surface area (Å²) < 4.78 is 68.0. The molecule has 0 spiro atoms. The third kappa shape index (κ3) is 5.42. The molecule has 1 aliphatic rings. The number of anilines is 1. The van der Waals surface area contributed by atoms with Crippen molar-refractivity contribution in [3.63, 3.8) is 0 Å². The van der Waals surface area contributed by atoms with Crippen molar-refractivity contribution in [3.8, 4) is 6.07 Å². The number of halogens is 4. The number of nitrogens with one attached hydrogen (secondary N) is 2. The zero-order valence-corrected chi connectivity index (χ0v) is 21.1. The molecule has 1 aliphatic heterocycles. The number of rotatable bonds is 6. The SMILES string of the molecule is CCS(=O)(=O)c1ccc(C#N)cc1Nn1cnc2c(Cl)c(CN3CCNCC3)c(C(F)(F)F)cc2c1=O. The summed E-state index contributed by atoms with van der Waals surface area (Å²) >= 11 is 6.41. The first-order valence-electron chi connectivity index (χ1n) is 11.2. The molecular formula is C23H22ClF3N6O3S. The lowest BCUT2D eigenvalue weighted by atomic mass is 10.0. The lowest BCUT2D eigenvalue weighted by molar-refractivity contribution is -0.138. The molecule has 196 valence electrons. The van der Waals surface area contributed by atoms with E-state index in [1.165, 1.54) is 25.1 Å². The van der Waals surface area contributed by atoms with Gasteiger partial charge < -0.3 is 5.32 Å². The van der Waals surface area contributed by atoms with E-state index in [1.54, 1.807) is 0 Å². The number of alkyl halides is 3. The Kier molecular flexibility index (Phi) is 7.48. The highest BCUT2D eigenvalue weighted by atomic mass is 35.5. The molecular weight excluding hydrogens is 533 g/mol. The number of hydrogen-bond donors (Lipinski definition) is 2. The van der Waals surface area contributed by atoms with E-state index in [1.807, 2.05) is 11.0 Å². The maximum Gasteiger partial charge on any atom is 0.416 e. The van der Waals surface area contributed by atoms with Gasteiger partial charge in [-0.05, 0) is 29.8 Å². The molecule has 0 saturated carbocycles. The minimum atomic E-state index is -4.79. The van der Waals surface area contributed by atoms with Crippen LogP contribution in [0.15, 0.2) is 40.3 Å². The molecule has 37 heavy (non-hydrogen) atoms. The van der Waals surface area contributed by atoms with Crippen molar-refractivity contribution in [2.45, 2.75) is 24.5 Å². The molecule has 2 N–H and O–H groups in total. The molecule has 4 rings (SSSR count). The highest BCUT2D eigenvalue weighted by Crippen LogP contribution is 2.38. The van der Waals surface area contributed by atoms with Crippen LogP contribution in [0.5, 0.6) is 0 Å². The second-order valence-electron chi connectivity index (χ2n) is 8.39. The average Bonchev–Trinajstić information content (AvgIpc) is 2.87. The highest BCUT2D eigenvalue weighted by molar-refractivity contribution is 7.91. The fourth-order valence-electron chi connectivity index (χ4n) is 4.09. The van der Waals surface area contributed by atoms with Gasteiger partial charge in [0.15, 0.2) is 9.84 Å². The summed E-state index contributed by atoms with van der Waals surface area (Å²) in [6.45, 7) is 3.70. The molecule has 1 saturated heterocycles. The first-order chi connectivity index (χ1) is 17.5. The van der Waals surface area contributed by atoms with Crippen LogP contribution in [0.4, 0.5) is 18.9 Å². The van der Waals surface area contributed by atoms with Crippen LogP contribution in [0.25, 0.3) is 10.9 Å². The number of fused-ring (bicyclic) bond motifs is 1. The Morgan fingerprint density at radius 2 is 1.95 bits per heavy atom. The van der Waals surface area contributed by atoms with Gasteiger partial charge >= 0.3 is 6.18 Å². The molecule has 9 nitrogen and oxygen atoms in total. The molecule has 0 bridgehead atoms. The predicted molar refractivity (Wildman–Crippen MR) is 132 cm³/mol. The van der Waals surface area contributed by atoms with Gasteiger partial charge in [0.2, 0.25) is 0 Å². The Balaban J connectivity index is 1.85. The molecule has 14 heteroatoms. The predicted octanol–water partition coefficient (Wildman–Crippen LogP) is 3.01. The van der Waals surface area contributed by atoms with E-state index in [-0.39, 0.29) is 44.5 Å². The molecule has 1 fully saturated rings. The van der Waals surface area contributed by atoms with Crippen molar-refractivity contribution in [2.24, 2.45) is 0 Å². The maximum absolute atomic E-state index is 14.1. The summed E-state index contributed by atoms with van der Waals surface area (Å²) in [5.41, 5.74) is 0.360. The van der Waals surface area contributed by atoms with Gasteiger partial charge in [0, 0.05) is 32.7 Å². The molecule has 0 aliphatic carbocycles. The van der Waals surface area contributed by atoms with E-state index < -0.39 is 32.5 Å². The van der Waals surface area contributed by atoms with Gasteiger partial charge in [-0.1, -0.05) is 18.5 Å². The number of hydrogen-bond acceptors (Lipinski definition) is 8. The van der Waals surface area contributed by atoms with Gasteiger partial charge in [-0.25, -0.2) is 18.1 Å². The lowest BCUT2D eigenvalue weighted by Crippen LogP contribution is -2.43. The van der Waals surface area contributed by atoms with E-state index in [0.717, 1.165) is 17.1 Å². The number of nitriles is 1. The molecule has 0 radical (unpaired) electrons. The molecule has 1 aromatic heterocycles. The fourth-order valence-corrected chi connectivity index (χ4v) is 5.43. The van der Waals surface area contributed by atoms with Crippen LogP contribution < -0.4 is 16.3 Å². The topological polar surface area (TPSA) is 120 Å². The van der Waals surface area contributed by atoms with E-state index in [2.05, 4.69) is 15.7 Å². The Labute approximate surface area is 215 Å². The first-order valence-corrected chi connectivity index (χ1v) is 13.3. The van der Waals surface area contributed by atoms with Crippen molar-refractivity contribution in [3.05, 3.63) is 62.7 Å². The van der Waals surface area contributed by atoms with Crippen molar-refractivity contribution in [1.29, 1.82) is 5.26 Å². The van der Waals surface area contributed by atoms with E-state index >= 15 is 0 Å². The van der Waals surface area contributed by atoms with Gasteiger partial charge in [0.25, 0.3) is 5.56 Å². The van der Waals surface area contributed by atoms with Crippen LogP contribution in [0.3, 0.4) is 0 Å². The smallest absolute Gasteiger partial charge is 0.314 e. The normalized spacial score (nSPS) is 15.0. The second-order valence-corrected chi connectivity index (χ2v) is 11.0. The van der Waals surface area contributed by atoms with E-state index in [9.17, 15) is 31.6 Å². The van der Waals surface area contributed by atoms with E-state index in [0.29, 0.717) is 26.2 Å². The molecule has 0 amide bonds. The summed E-state index contributed by atoms with van der Waals surface area (Å²) in [4.78, 5) is 19.0. The van der Waals surface area contributed by atoms with Crippen LogP contribution in [0.1, 0.15) is 23.6 Å². The summed E-state index contributed by atoms with van der Waals surface area (Å²) in [5.74, 6) is -0.251. The van der Waals surface area contributed by atoms with Gasteiger partial charge in [0.05, 0.1) is 49.5 Å². The van der Waals surface area contributed by atoms with Crippen molar-refractivity contribution in [1.82, 2.24) is 19.9 Å².